The van der Waals surface area contributed by atoms with E-state index >= 15 is 0 Å². The standard InChI is InChI=1S/C18H29N3O.2ClH/c1-18(2,14-19)17(22)20(3)16-9-11-21(12-10-16)13-15-7-5-4-6-8-15;;/h4-8,16H,9-14,19H2,1-3H3;2*1H. The summed E-state index contributed by atoms with van der Waals surface area (Å²) in [7, 11) is 1.93. The fourth-order valence-electron chi connectivity index (χ4n) is 3.04. The van der Waals surface area contributed by atoms with Crippen molar-refractivity contribution in [2.24, 2.45) is 11.1 Å². The summed E-state index contributed by atoms with van der Waals surface area (Å²) in [6.45, 7) is 7.33. The Morgan fingerprint density at radius 3 is 2.25 bits per heavy atom. The minimum atomic E-state index is -0.462. The van der Waals surface area contributed by atoms with Crippen LogP contribution >= 0.6 is 24.8 Å². The minimum Gasteiger partial charge on any atom is -0.342 e. The first-order valence-corrected chi connectivity index (χ1v) is 8.17. The van der Waals surface area contributed by atoms with Crippen LogP contribution < -0.4 is 5.73 Å². The van der Waals surface area contributed by atoms with Gasteiger partial charge < -0.3 is 10.6 Å². The van der Waals surface area contributed by atoms with Gasteiger partial charge in [-0.2, -0.15) is 0 Å². The number of amides is 1. The van der Waals surface area contributed by atoms with Gasteiger partial charge in [0.15, 0.2) is 0 Å². The molecule has 1 aliphatic rings. The predicted octanol–water partition coefficient (Wildman–Crippen LogP) is 2.94. The second-order valence-corrected chi connectivity index (χ2v) is 7.00. The lowest BCUT2D eigenvalue weighted by Crippen LogP contribution is -2.50. The number of piperidine rings is 1. The van der Waals surface area contributed by atoms with Crippen molar-refractivity contribution in [2.45, 2.75) is 39.3 Å². The summed E-state index contributed by atoms with van der Waals surface area (Å²) in [5.74, 6) is 0.163. The molecule has 1 heterocycles. The number of nitrogens with two attached hydrogens (primary N) is 1. The Morgan fingerprint density at radius 2 is 1.75 bits per heavy atom. The second-order valence-electron chi connectivity index (χ2n) is 7.00. The predicted molar refractivity (Wildman–Crippen MR) is 105 cm³/mol. The van der Waals surface area contributed by atoms with Gasteiger partial charge in [0.2, 0.25) is 5.91 Å². The summed E-state index contributed by atoms with van der Waals surface area (Å²) in [5, 5.41) is 0. The van der Waals surface area contributed by atoms with Crippen LogP contribution in [-0.2, 0) is 11.3 Å². The molecular weight excluding hydrogens is 345 g/mol. The van der Waals surface area contributed by atoms with Gasteiger partial charge in [-0.15, -0.1) is 24.8 Å². The number of halogens is 2. The van der Waals surface area contributed by atoms with E-state index in [2.05, 4.69) is 35.2 Å². The van der Waals surface area contributed by atoms with Gasteiger partial charge in [0, 0.05) is 39.3 Å². The fraction of sp³-hybridized carbons (Fsp3) is 0.611. The van der Waals surface area contributed by atoms with Gasteiger partial charge in [-0.3, -0.25) is 9.69 Å². The summed E-state index contributed by atoms with van der Waals surface area (Å²) in [6.07, 6.45) is 2.07. The highest BCUT2D eigenvalue weighted by Crippen LogP contribution is 2.23. The van der Waals surface area contributed by atoms with Crippen molar-refractivity contribution in [2.75, 3.05) is 26.7 Å². The lowest BCUT2D eigenvalue weighted by molar-refractivity contribution is -0.141. The van der Waals surface area contributed by atoms with E-state index in [1.54, 1.807) is 0 Å². The Labute approximate surface area is 158 Å². The number of carbonyl (C=O) groups is 1. The van der Waals surface area contributed by atoms with Gasteiger partial charge in [0.05, 0.1) is 5.41 Å². The van der Waals surface area contributed by atoms with E-state index in [-0.39, 0.29) is 30.7 Å². The molecule has 1 amide bonds. The third-order valence-electron chi connectivity index (χ3n) is 4.76. The van der Waals surface area contributed by atoms with Crippen molar-refractivity contribution in [1.82, 2.24) is 9.80 Å². The maximum atomic E-state index is 12.5. The smallest absolute Gasteiger partial charge is 0.229 e. The lowest BCUT2D eigenvalue weighted by Gasteiger charge is -2.39. The molecule has 0 atom stereocenters. The summed E-state index contributed by atoms with van der Waals surface area (Å²) in [4.78, 5) is 16.9. The molecule has 2 N–H and O–H groups in total. The highest BCUT2D eigenvalue weighted by molar-refractivity contribution is 5.85. The highest BCUT2D eigenvalue weighted by Gasteiger charge is 2.33. The normalized spacial score (nSPS) is 16.0. The number of hydrogen-bond acceptors (Lipinski definition) is 3. The highest BCUT2D eigenvalue weighted by atomic mass is 35.5. The zero-order valence-electron chi connectivity index (χ0n) is 14.9. The molecule has 138 valence electrons. The Balaban J connectivity index is 0.00000264. The largest absolute Gasteiger partial charge is 0.342 e. The molecule has 6 heteroatoms. The molecule has 1 saturated heterocycles. The van der Waals surface area contributed by atoms with Crippen LogP contribution in [0.15, 0.2) is 30.3 Å². The molecule has 0 bridgehead atoms. The maximum Gasteiger partial charge on any atom is 0.229 e. The molecule has 24 heavy (non-hydrogen) atoms. The molecule has 4 nitrogen and oxygen atoms in total. The average Bonchev–Trinajstić information content (AvgIpc) is 2.55. The monoisotopic (exact) mass is 375 g/mol. The number of rotatable bonds is 5. The Bertz CT molecular complexity index is 488. The van der Waals surface area contributed by atoms with Gasteiger partial charge in [0.25, 0.3) is 0 Å². The topological polar surface area (TPSA) is 49.6 Å². The number of hydrogen-bond donors (Lipinski definition) is 1. The van der Waals surface area contributed by atoms with Gasteiger partial charge in [-0.1, -0.05) is 30.3 Å². The Hall–Kier alpha value is -0.810. The van der Waals surface area contributed by atoms with E-state index in [1.807, 2.05) is 25.8 Å². The first-order chi connectivity index (χ1) is 10.4. The van der Waals surface area contributed by atoms with E-state index in [1.165, 1.54) is 5.56 Å². The van der Waals surface area contributed by atoms with Crippen LogP contribution in [0, 0.1) is 5.41 Å². The third kappa shape index (κ3) is 5.92. The number of benzene rings is 1. The van der Waals surface area contributed by atoms with Crippen molar-refractivity contribution in [1.29, 1.82) is 0 Å². The SMILES string of the molecule is CN(C(=O)C(C)(C)CN)C1CCN(Cc2ccccc2)CC1.Cl.Cl. The van der Waals surface area contributed by atoms with Crippen LogP contribution in [0.25, 0.3) is 0 Å². The Morgan fingerprint density at radius 1 is 1.21 bits per heavy atom. The summed E-state index contributed by atoms with van der Waals surface area (Å²) in [5.41, 5.74) is 6.62. The third-order valence-corrected chi connectivity index (χ3v) is 4.76. The summed E-state index contributed by atoms with van der Waals surface area (Å²) in [6, 6.07) is 10.9. The molecule has 0 saturated carbocycles. The molecule has 0 aromatic heterocycles. The van der Waals surface area contributed by atoms with Crippen LogP contribution in [0.4, 0.5) is 0 Å². The van der Waals surface area contributed by atoms with Crippen molar-refractivity contribution >= 4 is 30.7 Å². The van der Waals surface area contributed by atoms with E-state index in [4.69, 9.17) is 5.73 Å². The first-order valence-electron chi connectivity index (χ1n) is 8.17. The molecule has 1 aromatic carbocycles. The van der Waals surface area contributed by atoms with Gasteiger partial charge in [0.1, 0.15) is 0 Å². The van der Waals surface area contributed by atoms with Crippen molar-refractivity contribution in [3.63, 3.8) is 0 Å². The summed E-state index contributed by atoms with van der Waals surface area (Å²) >= 11 is 0. The second kappa shape index (κ2) is 10.2. The average molecular weight is 376 g/mol. The van der Waals surface area contributed by atoms with Gasteiger partial charge in [-0.25, -0.2) is 0 Å². The summed E-state index contributed by atoms with van der Waals surface area (Å²) < 4.78 is 0. The number of nitrogens with zero attached hydrogens (tertiary/aromatic N) is 2. The molecule has 0 spiro atoms. The van der Waals surface area contributed by atoms with Crippen molar-refractivity contribution in [3.05, 3.63) is 35.9 Å². The molecule has 0 radical (unpaired) electrons. The molecular formula is C18H31Cl2N3O. The zero-order chi connectivity index (χ0) is 16.2. The van der Waals surface area contributed by atoms with E-state index in [0.717, 1.165) is 32.5 Å². The first kappa shape index (κ1) is 23.2. The lowest BCUT2D eigenvalue weighted by atomic mass is 9.90. The van der Waals surface area contributed by atoms with Crippen LogP contribution in [0.5, 0.6) is 0 Å². The fourth-order valence-corrected chi connectivity index (χ4v) is 3.04. The maximum absolute atomic E-state index is 12.5. The van der Waals surface area contributed by atoms with E-state index in [0.29, 0.717) is 12.6 Å². The molecule has 0 unspecified atom stereocenters. The van der Waals surface area contributed by atoms with E-state index in [9.17, 15) is 4.79 Å². The molecule has 1 aromatic rings. The molecule has 0 aliphatic carbocycles. The van der Waals surface area contributed by atoms with Gasteiger partial charge in [-0.05, 0) is 32.3 Å². The number of likely N-dealkylation sites (tertiary alicyclic amines) is 1. The quantitative estimate of drug-likeness (QED) is 0.860. The molecule has 2 rings (SSSR count). The van der Waals surface area contributed by atoms with Crippen LogP contribution in [0.2, 0.25) is 0 Å². The van der Waals surface area contributed by atoms with Crippen LogP contribution in [0.3, 0.4) is 0 Å². The Kier molecular flexibility index (Phi) is 9.90. The van der Waals surface area contributed by atoms with Crippen molar-refractivity contribution < 1.29 is 4.79 Å². The van der Waals surface area contributed by atoms with Crippen molar-refractivity contribution in [3.8, 4) is 0 Å². The van der Waals surface area contributed by atoms with Crippen LogP contribution in [-0.4, -0.2) is 48.4 Å². The molecule has 1 aliphatic heterocycles. The number of carbonyl (C=O) groups excluding carboxylic acids is 1. The minimum absolute atomic E-state index is 0. The zero-order valence-corrected chi connectivity index (χ0v) is 16.5. The van der Waals surface area contributed by atoms with Crippen LogP contribution in [0.1, 0.15) is 32.3 Å². The van der Waals surface area contributed by atoms with E-state index < -0.39 is 5.41 Å². The molecule has 1 fully saturated rings. The van der Waals surface area contributed by atoms with Gasteiger partial charge >= 0.3 is 0 Å².